The zero-order valence-corrected chi connectivity index (χ0v) is 11.2. The number of benzene rings is 1. The first-order valence-electron chi connectivity index (χ1n) is 5.10. The summed E-state index contributed by atoms with van der Waals surface area (Å²) in [7, 11) is 0. The van der Waals surface area contributed by atoms with Gasteiger partial charge in [-0.15, -0.1) is 0 Å². The number of nitrogen functional groups attached to an aromatic ring is 1. The highest BCUT2D eigenvalue weighted by Gasteiger charge is 2.05. The van der Waals surface area contributed by atoms with Gasteiger partial charge in [-0.3, -0.25) is 0 Å². The lowest BCUT2D eigenvalue weighted by atomic mass is 10.2. The van der Waals surface area contributed by atoms with Gasteiger partial charge in [0.2, 0.25) is 5.88 Å². The molecule has 17 heavy (non-hydrogen) atoms. The fourth-order valence-electron chi connectivity index (χ4n) is 1.42. The monoisotopic (exact) mass is 293 g/mol. The molecule has 0 bridgehead atoms. The topological polar surface area (TPSA) is 61.0 Å². The van der Waals surface area contributed by atoms with Crippen molar-refractivity contribution in [1.82, 2.24) is 9.97 Å². The summed E-state index contributed by atoms with van der Waals surface area (Å²) in [6.45, 7) is 3.79. The molecule has 2 aromatic rings. The van der Waals surface area contributed by atoms with Crippen molar-refractivity contribution in [1.29, 1.82) is 0 Å². The van der Waals surface area contributed by atoms with Gasteiger partial charge >= 0.3 is 0 Å². The zero-order chi connectivity index (χ0) is 12.4. The minimum absolute atomic E-state index is 0.399. The Morgan fingerprint density at radius 3 is 2.59 bits per heavy atom. The molecule has 0 aliphatic rings. The Morgan fingerprint density at radius 1 is 1.18 bits per heavy atom. The summed E-state index contributed by atoms with van der Waals surface area (Å²) >= 11 is 3.44. The lowest BCUT2D eigenvalue weighted by Gasteiger charge is -2.08. The van der Waals surface area contributed by atoms with Crippen molar-refractivity contribution in [3.63, 3.8) is 0 Å². The van der Waals surface area contributed by atoms with Crippen LogP contribution in [0, 0.1) is 13.8 Å². The van der Waals surface area contributed by atoms with Crippen LogP contribution in [0.2, 0.25) is 0 Å². The highest BCUT2D eigenvalue weighted by molar-refractivity contribution is 9.10. The zero-order valence-electron chi connectivity index (χ0n) is 9.57. The maximum atomic E-state index is 5.65. The van der Waals surface area contributed by atoms with Crippen LogP contribution >= 0.6 is 15.9 Å². The van der Waals surface area contributed by atoms with Crippen molar-refractivity contribution < 1.29 is 4.74 Å². The molecule has 0 atom stereocenters. The molecule has 1 heterocycles. The van der Waals surface area contributed by atoms with Crippen molar-refractivity contribution in [3.05, 3.63) is 40.1 Å². The van der Waals surface area contributed by atoms with Crippen LogP contribution in [0.1, 0.15) is 11.4 Å². The van der Waals surface area contributed by atoms with E-state index in [-0.39, 0.29) is 0 Å². The molecule has 2 N–H and O–H groups in total. The molecule has 5 heteroatoms. The fourth-order valence-corrected chi connectivity index (χ4v) is 1.99. The lowest BCUT2D eigenvalue weighted by Crippen LogP contribution is -1.98. The maximum absolute atomic E-state index is 5.65. The van der Waals surface area contributed by atoms with Crippen LogP contribution in [-0.2, 0) is 0 Å². The largest absolute Gasteiger partial charge is 0.438 e. The second-order valence-electron chi connectivity index (χ2n) is 3.71. The third-order valence-corrected chi connectivity index (χ3v) is 2.76. The van der Waals surface area contributed by atoms with Gasteiger partial charge in [-0.2, -0.15) is 4.98 Å². The number of hydrogen-bond donors (Lipinski definition) is 1. The second kappa shape index (κ2) is 4.71. The van der Waals surface area contributed by atoms with Gasteiger partial charge in [-0.05, 0) is 47.5 Å². The molecule has 0 radical (unpaired) electrons. The number of aromatic nitrogens is 2. The second-order valence-corrected chi connectivity index (χ2v) is 4.57. The summed E-state index contributed by atoms with van der Waals surface area (Å²) in [5.74, 6) is 2.13. The van der Waals surface area contributed by atoms with E-state index in [1.54, 1.807) is 13.0 Å². The number of anilines is 1. The minimum Gasteiger partial charge on any atom is -0.438 e. The SMILES string of the molecule is Cc1ccc(Oc2cc(N)nc(C)n2)c(Br)c1. The Hall–Kier alpha value is -1.62. The predicted octanol–water partition coefficient (Wildman–Crippen LogP) is 3.23. The molecule has 1 aromatic heterocycles. The Labute approximate surface area is 108 Å². The van der Waals surface area contributed by atoms with E-state index < -0.39 is 0 Å². The molecular formula is C12H12BrN3O. The van der Waals surface area contributed by atoms with E-state index in [9.17, 15) is 0 Å². The average Bonchev–Trinajstić information content (AvgIpc) is 2.21. The average molecular weight is 294 g/mol. The molecule has 0 saturated heterocycles. The Balaban J connectivity index is 2.31. The van der Waals surface area contributed by atoms with Crippen molar-refractivity contribution in [2.24, 2.45) is 0 Å². The summed E-state index contributed by atoms with van der Waals surface area (Å²) in [4.78, 5) is 8.15. The highest BCUT2D eigenvalue weighted by atomic mass is 79.9. The van der Waals surface area contributed by atoms with E-state index in [4.69, 9.17) is 10.5 Å². The van der Waals surface area contributed by atoms with Gasteiger partial charge in [0.1, 0.15) is 17.4 Å². The van der Waals surface area contributed by atoms with Crippen molar-refractivity contribution >= 4 is 21.7 Å². The van der Waals surface area contributed by atoms with Gasteiger partial charge in [0.05, 0.1) is 4.47 Å². The van der Waals surface area contributed by atoms with Gasteiger partial charge in [0.25, 0.3) is 0 Å². The molecule has 0 spiro atoms. The molecule has 1 aromatic carbocycles. The molecule has 0 amide bonds. The molecule has 0 unspecified atom stereocenters. The van der Waals surface area contributed by atoms with Crippen LogP contribution in [0.5, 0.6) is 11.6 Å². The smallest absolute Gasteiger partial charge is 0.224 e. The molecule has 88 valence electrons. The first kappa shape index (κ1) is 11.9. The number of halogens is 1. The van der Waals surface area contributed by atoms with Crippen molar-refractivity contribution in [2.75, 3.05) is 5.73 Å². The summed E-state index contributed by atoms with van der Waals surface area (Å²) < 4.78 is 6.53. The van der Waals surface area contributed by atoms with E-state index in [1.807, 2.05) is 25.1 Å². The number of nitrogens with two attached hydrogens (primary N) is 1. The number of hydrogen-bond acceptors (Lipinski definition) is 4. The molecule has 2 rings (SSSR count). The van der Waals surface area contributed by atoms with E-state index in [0.717, 1.165) is 10.0 Å². The molecule has 0 aliphatic heterocycles. The quantitative estimate of drug-likeness (QED) is 0.923. The van der Waals surface area contributed by atoms with Crippen molar-refractivity contribution in [2.45, 2.75) is 13.8 Å². The summed E-state index contributed by atoms with van der Waals surface area (Å²) in [6.07, 6.45) is 0. The lowest BCUT2D eigenvalue weighted by molar-refractivity contribution is 0.457. The molecule has 4 nitrogen and oxygen atoms in total. The van der Waals surface area contributed by atoms with E-state index in [1.165, 1.54) is 0 Å². The van der Waals surface area contributed by atoms with Gasteiger partial charge in [-0.25, -0.2) is 4.98 Å². The first-order chi connectivity index (χ1) is 8.04. The summed E-state index contributed by atoms with van der Waals surface area (Å²) in [6, 6.07) is 7.43. The maximum Gasteiger partial charge on any atom is 0.224 e. The van der Waals surface area contributed by atoms with Gasteiger partial charge in [0, 0.05) is 6.07 Å². The number of ether oxygens (including phenoxy) is 1. The molecular weight excluding hydrogens is 282 g/mol. The van der Waals surface area contributed by atoms with Gasteiger partial charge in [0.15, 0.2) is 0 Å². The molecule has 0 fully saturated rings. The van der Waals surface area contributed by atoms with Gasteiger partial charge in [-0.1, -0.05) is 6.07 Å². The van der Waals surface area contributed by atoms with Crippen LogP contribution in [0.15, 0.2) is 28.7 Å². The Bertz CT molecular complexity index is 537. The Morgan fingerprint density at radius 2 is 1.94 bits per heavy atom. The van der Waals surface area contributed by atoms with Crippen LogP contribution in [0.25, 0.3) is 0 Å². The van der Waals surface area contributed by atoms with Crippen LogP contribution in [0.4, 0.5) is 5.82 Å². The number of nitrogens with zero attached hydrogens (tertiary/aromatic N) is 2. The highest BCUT2D eigenvalue weighted by Crippen LogP contribution is 2.29. The first-order valence-corrected chi connectivity index (χ1v) is 5.89. The third-order valence-electron chi connectivity index (χ3n) is 2.14. The van der Waals surface area contributed by atoms with Crippen LogP contribution in [-0.4, -0.2) is 9.97 Å². The fraction of sp³-hybridized carbons (Fsp3) is 0.167. The van der Waals surface area contributed by atoms with Crippen LogP contribution < -0.4 is 10.5 Å². The summed E-state index contributed by atoms with van der Waals surface area (Å²) in [5.41, 5.74) is 6.79. The Kier molecular flexibility index (Phi) is 3.28. The number of rotatable bonds is 2. The van der Waals surface area contributed by atoms with Gasteiger partial charge < -0.3 is 10.5 Å². The van der Waals surface area contributed by atoms with Crippen molar-refractivity contribution in [3.8, 4) is 11.6 Å². The summed E-state index contributed by atoms with van der Waals surface area (Å²) in [5, 5.41) is 0. The predicted molar refractivity (Wildman–Crippen MR) is 70.1 cm³/mol. The third kappa shape index (κ3) is 2.94. The van der Waals surface area contributed by atoms with E-state index in [2.05, 4.69) is 25.9 Å². The van der Waals surface area contributed by atoms with E-state index in [0.29, 0.717) is 23.3 Å². The molecule has 0 aliphatic carbocycles. The molecule has 0 saturated carbocycles. The standard InChI is InChI=1S/C12H12BrN3O/c1-7-3-4-10(9(13)5-7)17-12-6-11(14)15-8(2)16-12/h3-6H,1-2H3,(H2,14,15,16). The minimum atomic E-state index is 0.399. The number of aryl methyl sites for hydroxylation is 2. The normalized spacial score (nSPS) is 10.3. The van der Waals surface area contributed by atoms with Crippen LogP contribution in [0.3, 0.4) is 0 Å². The van der Waals surface area contributed by atoms with E-state index >= 15 is 0 Å².